The molecule has 2 N–H and O–H groups in total. The summed E-state index contributed by atoms with van der Waals surface area (Å²) in [4.78, 5) is 17.2. The number of phenols is 1. The summed E-state index contributed by atoms with van der Waals surface area (Å²) in [5, 5.41) is 21.5. The van der Waals surface area contributed by atoms with Gasteiger partial charge >= 0.3 is 5.97 Å². The molecule has 0 spiro atoms. The van der Waals surface area contributed by atoms with Crippen molar-refractivity contribution in [3.63, 3.8) is 0 Å². The van der Waals surface area contributed by atoms with Crippen LogP contribution in [0.2, 0.25) is 5.02 Å². The summed E-state index contributed by atoms with van der Waals surface area (Å²) >= 11 is 7.26. The van der Waals surface area contributed by atoms with Crippen molar-refractivity contribution in [3.8, 4) is 11.5 Å². The van der Waals surface area contributed by atoms with Gasteiger partial charge in [0.05, 0.1) is 29.3 Å². The summed E-state index contributed by atoms with van der Waals surface area (Å²) in [6.45, 7) is 1.83. The van der Waals surface area contributed by atoms with Crippen molar-refractivity contribution >= 4 is 46.1 Å². The number of nitrogens with zero attached hydrogens (tertiary/aromatic N) is 1. The fourth-order valence-electron chi connectivity index (χ4n) is 2.56. The Morgan fingerprint density at radius 3 is 2.66 bits per heavy atom. The average Bonchev–Trinajstić information content (AvgIpc) is 3.00. The van der Waals surface area contributed by atoms with Crippen molar-refractivity contribution in [2.24, 2.45) is 4.99 Å². The number of hydrogen-bond acceptors (Lipinski definition) is 7. The van der Waals surface area contributed by atoms with Gasteiger partial charge in [-0.25, -0.2) is 9.79 Å². The molecule has 29 heavy (non-hydrogen) atoms. The van der Waals surface area contributed by atoms with Gasteiger partial charge in [-0.15, -0.1) is 0 Å². The van der Waals surface area contributed by atoms with E-state index in [9.17, 15) is 15.0 Å². The van der Waals surface area contributed by atoms with Crippen LogP contribution in [-0.2, 0) is 9.53 Å². The average molecular weight is 432 g/mol. The van der Waals surface area contributed by atoms with Crippen LogP contribution in [0.5, 0.6) is 11.5 Å². The smallest absolute Gasteiger partial charge is 0.344 e. The van der Waals surface area contributed by atoms with Crippen molar-refractivity contribution < 1.29 is 24.5 Å². The third-order valence-electron chi connectivity index (χ3n) is 3.97. The van der Waals surface area contributed by atoms with Crippen LogP contribution in [-0.4, -0.2) is 34.9 Å². The number of aliphatic hydroxyl groups is 1. The summed E-state index contributed by atoms with van der Waals surface area (Å²) in [6, 6.07) is 11.7. The minimum Gasteiger partial charge on any atom is -0.507 e. The molecule has 3 rings (SSSR count). The maximum atomic E-state index is 12.4. The van der Waals surface area contributed by atoms with Crippen molar-refractivity contribution in [3.05, 3.63) is 69.3 Å². The van der Waals surface area contributed by atoms with E-state index >= 15 is 0 Å². The molecule has 0 radical (unpaired) electrons. The van der Waals surface area contributed by atoms with Gasteiger partial charge in [0.15, 0.2) is 0 Å². The monoisotopic (exact) mass is 431 g/mol. The molecule has 1 aliphatic rings. The number of benzene rings is 2. The number of aromatic hydroxyl groups is 1. The first-order valence-corrected chi connectivity index (χ1v) is 9.85. The maximum Gasteiger partial charge on any atom is 0.344 e. The number of rotatable bonds is 5. The zero-order chi connectivity index (χ0) is 21.0. The molecular weight excluding hydrogens is 414 g/mol. The number of ether oxygens (including phenoxy) is 2. The first-order valence-electron chi connectivity index (χ1n) is 8.65. The summed E-state index contributed by atoms with van der Waals surface area (Å²) in [5.74, 6) is -0.490. The predicted molar refractivity (Wildman–Crippen MR) is 115 cm³/mol. The molecule has 1 aliphatic heterocycles. The lowest BCUT2D eigenvalue weighted by Crippen LogP contribution is -2.12. The van der Waals surface area contributed by atoms with Gasteiger partial charge in [-0.1, -0.05) is 35.5 Å². The molecule has 1 heterocycles. The summed E-state index contributed by atoms with van der Waals surface area (Å²) < 4.78 is 10.1. The number of para-hydroxylation sites is 1. The van der Waals surface area contributed by atoms with Crippen LogP contribution in [0.3, 0.4) is 0 Å². The van der Waals surface area contributed by atoms with Gasteiger partial charge in [0.2, 0.25) is 0 Å². The number of esters is 1. The Hall–Kier alpha value is -2.90. The Labute approximate surface area is 177 Å². The summed E-state index contributed by atoms with van der Waals surface area (Å²) in [5.41, 5.74) is 0.859. The van der Waals surface area contributed by atoms with Crippen LogP contribution in [0.15, 0.2) is 63.7 Å². The molecule has 0 atom stereocenters. The highest BCUT2D eigenvalue weighted by atomic mass is 35.5. The minimum absolute atomic E-state index is 0.0283. The van der Waals surface area contributed by atoms with Gasteiger partial charge in [-0.05, 0) is 37.3 Å². The number of carbonyl (C=O) groups is 1. The van der Waals surface area contributed by atoms with E-state index in [0.717, 1.165) is 11.8 Å². The Kier molecular flexibility index (Phi) is 6.51. The van der Waals surface area contributed by atoms with Crippen LogP contribution in [0.4, 0.5) is 5.69 Å². The topological polar surface area (TPSA) is 88.4 Å². The molecule has 6 nitrogen and oxygen atoms in total. The molecule has 0 saturated carbocycles. The molecule has 0 amide bonds. The summed E-state index contributed by atoms with van der Waals surface area (Å²) in [7, 11) is 1.50. The van der Waals surface area contributed by atoms with Gasteiger partial charge in [0.25, 0.3) is 0 Å². The van der Waals surface area contributed by atoms with Crippen LogP contribution in [0, 0.1) is 0 Å². The van der Waals surface area contributed by atoms with Gasteiger partial charge in [0.1, 0.15) is 27.9 Å². The number of hydrogen-bond donors (Lipinski definition) is 2. The predicted octanol–water partition coefficient (Wildman–Crippen LogP) is 5.25. The quantitative estimate of drug-likeness (QED) is 0.629. The molecule has 0 fully saturated rings. The highest BCUT2D eigenvalue weighted by molar-refractivity contribution is 8.18. The van der Waals surface area contributed by atoms with Gasteiger partial charge in [-0.3, -0.25) is 0 Å². The Balaban J connectivity index is 2.07. The normalized spacial score (nSPS) is 16.5. The molecule has 0 bridgehead atoms. The molecule has 0 aliphatic carbocycles. The first-order chi connectivity index (χ1) is 13.9. The van der Waals surface area contributed by atoms with Crippen molar-refractivity contribution in [2.75, 3.05) is 13.7 Å². The molecule has 150 valence electrons. The third-order valence-corrected chi connectivity index (χ3v) is 5.31. The van der Waals surface area contributed by atoms with E-state index in [1.54, 1.807) is 49.4 Å². The van der Waals surface area contributed by atoms with E-state index < -0.39 is 5.97 Å². The number of aliphatic hydroxyl groups excluding tert-OH is 1. The Morgan fingerprint density at radius 1 is 1.24 bits per heavy atom. The number of methoxy groups -OCH3 is 1. The zero-order valence-corrected chi connectivity index (χ0v) is 17.3. The molecule has 8 heteroatoms. The second-order valence-corrected chi connectivity index (χ2v) is 7.29. The number of aliphatic imine (C=N–C) groups is 1. The standard InChI is InChI=1S/C21H18ClNO5S/c1-3-28-21(26)18-19(25)17(10-12-8-9-13(27-2)11-16(12)24)29-20(18)23-15-7-5-4-6-14(15)22/h4-11,24-25H,3H2,1-2H3/b17-10+,23-20?. The van der Waals surface area contributed by atoms with Gasteiger partial charge in [-0.2, -0.15) is 0 Å². The van der Waals surface area contributed by atoms with E-state index in [2.05, 4.69) is 4.99 Å². The fourth-order valence-corrected chi connectivity index (χ4v) is 3.75. The van der Waals surface area contributed by atoms with Crippen LogP contribution < -0.4 is 4.74 Å². The second kappa shape index (κ2) is 9.07. The number of halogens is 1. The number of thioether (sulfide) groups is 1. The second-order valence-electron chi connectivity index (χ2n) is 5.85. The van der Waals surface area contributed by atoms with E-state index in [1.807, 2.05) is 0 Å². The van der Waals surface area contributed by atoms with E-state index in [0.29, 0.717) is 26.9 Å². The van der Waals surface area contributed by atoms with E-state index in [1.165, 1.54) is 13.2 Å². The van der Waals surface area contributed by atoms with E-state index in [4.69, 9.17) is 21.1 Å². The molecule has 2 aromatic rings. The Bertz CT molecular complexity index is 1050. The van der Waals surface area contributed by atoms with Crippen LogP contribution >= 0.6 is 23.4 Å². The van der Waals surface area contributed by atoms with Crippen LogP contribution in [0.1, 0.15) is 12.5 Å². The third kappa shape index (κ3) is 4.58. The highest BCUT2D eigenvalue weighted by Gasteiger charge is 2.33. The molecule has 0 unspecified atom stereocenters. The van der Waals surface area contributed by atoms with E-state index in [-0.39, 0.29) is 28.7 Å². The van der Waals surface area contributed by atoms with Crippen molar-refractivity contribution in [2.45, 2.75) is 6.92 Å². The number of carbonyl (C=O) groups excluding carboxylic acids is 1. The molecule has 0 aromatic heterocycles. The highest BCUT2D eigenvalue weighted by Crippen LogP contribution is 2.42. The largest absolute Gasteiger partial charge is 0.507 e. The van der Waals surface area contributed by atoms with Crippen LogP contribution in [0.25, 0.3) is 6.08 Å². The Morgan fingerprint density at radius 2 is 2.00 bits per heavy atom. The summed E-state index contributed by atoms with van der Waals surface area (Å²) in [6.07, 6.45) is 1.56. The lowest BCUT2D eigenvalue weighted by atomic mass is 10.1. The SMILES string of the molecule is CCOC(=O)C1=C(O)/C(=C\c2ccc(OC)cc2O)SC1=Nc1ccccc1Cl. The first kappa shape index (κ1) is 20.8. The van der Waals surface area contributed by atoms with Gasteiger partial charge in [0, 0.05) is 11.6 Å². The molecule has 0 saturated heterocycles. The van der Waals surface area contributed by atoms with Gasteiger partial charge < -0.3 is 19.7 Å². The van der Waals surface area contributed by atoms with Crippen molar-refractivity contribution in [1.29, 1.82) is 0 Å². The number of phenolic OH excluding ortho intramolecular Hbond substituents is 1. The zero-order valence-electron chi connectivity index (χ0n) is 15.7. The molecular formula is C21H18ClNO5S. The minimum atomic E-state index is -0.689. The molecule has 2 aromatic carbocycles. The lowest BCUT2D eigenvalue weighted by Gasteiger charge is -2.04. The van der Waals surface area contributed by atoms with Crippen molar-refractivity contribution in [1.82, 2.24) is 0 Å². The fraction of sp³-hybridized carbons (Fsp3) is 0.143. The lowest BCUT2D eigenvalue weighted by molar-refractivity contribution is -0.138. The maximum absolute atomic E-state index is 12.4.